The summed E-state index contributed by atoms with van der Waals surface area (Å²) in [4.78, 5) is 16.0. The lowest BCUT2D eigenvalue weighted by Crippen LogP contribution is -2.05. The number of imidazole rings is 1. The summed E-state index contributed by atoms with van der Waals surface area (Å²) in [5, 5.41) is 0.813. The molecule has 5 nitrogen and oxygen atoms in total. The van der Waals surface area contributed by atoms with Crippen LogP contribution in [0.1, 0.15) is 17.3 Å². The van der Waals surface area contributed by atoms with Gasteiger partial charge in [0.1, 0.15) is 0 Å². The summed E-state index contributed by atoms with van der Waals surface area (Å²) in [6.45, 7) is 2.15. The molecule has 1 aromatic heterocycles. The van der Waals surface area contributed by atoms with Crippen LogP contribution >= 0.6 is 11.8 Å². The average Bonchev–Trinajstić information content (AvgIpc) is 2.94. The van der Waals surface area contributed by atoms with Gasteiger partial charge in [0.15, 0.2) is 5.16 Å². The quantitative estimate of drug-likeness (QED) is 0.465. The van der Waals surface area contributed by atoms with Crippen LogP contribution in [0.25, 0.3) is 5.69 Å². The smallest absolute Gasteiger partial charge is 0.338 e. The molecule has 20 heavy (non-hydrogen) atoms. The monoisotopic (exact) mass is 292 g/mol. The largest absolute Gasteiger partial charge is 0.462 e. The van der Waals surface area contributed by atoms with Crippen LogP contribution in [0.3, 0.4) is 0 Å². The van der Waals surface area contributed by atoms with E-state index in [0.29, 0.717) is 18.1 Å². The van der Waals surface area contributed by atoms with E-state index in [0.717, 1.165) is 10.8 Å². The molecule has 0 bridgehead atoms. The molecule has 1 heterocycles. The van der Waals surface area contributed by atoms with Crippen molar-refractivity contribution in [2.45, 2.75) is 12.1 Å². The standard InChI is InChI=1S/C14H16N2O3S/c1-3-19-13(17)11-5-4-6-12(9-11)16-8-7-15-14(16)20-10-18-2/h4-9H,3,10H2,1-2H3. The van der Waals surface area contributed by atoms with Crippen molar-refractivity contribution in [2.24, 2.45) is 0 Å². The summed E-state index contributed by atoms with van der Waals surface area (Å²) in [6, 6.07) is 7.27. The van der Waals surface area contributed by atoms with E-state index in [1.54, 1.807) is 32.4 Å². The van der Waals surface area contributed by atoms with Gasteiger partial charge in [-0.15, -0.1) is 0 Å². The molecule has 1 aromatic carbocycles. The highest BCUT2D eigenvalue weighted by atomic mass is 32.2. The van der Waals surface area contributed by atoms with Gasteiger partial charge in [-0.3, -0.25) is 4.57 Å². The van der Waals surface area contributed by atoms with Crippen molar-refractivity contribution in [2.75, 3.05) is 19.7 Å². The zero-order valence-electron chi connectivity index (χ0n) is 11.4. The number of carbonyl (C=O) groups is 1. The second-order valence-electron chi connectivity index (χ2n) is 3.90. The second-order valence-corrected chi connectivity index (χ2v) is 4.79. The van der Waals surface area contributed by atoms with E-state index in [9.17, 15) is 4.79 Å². The lowest BCUT2D eigenvalue weighted by molar-refractivity contribution is 0.0526. The third kappa shape index (κ3) is 3.40. The Hall–Kier alpha value is -1.79. The molecule has 0 unspecified atom stereocenters. The van der Waals surface area contributed by atoms with E-state index in [-0.39, 0.29) is 5.97 Å². The number of rotatable bonds is 6. The van der Waals surface area contributed by atoms with Gasteiger partial charge in [0, 0.05) is 25.2 Å². The zero-order chi connectivity index (χ0) is 14.4. The van der Waals surface area contributed by atoms with Crippen molar-refractivity contribution in [3.05, 3.63) is 42.2 Å². The lowest BCUT2D eigenvalue weighted by Gasteiger charge is -2.08. The number of esters is 1. The number of hydrogen-bond acceptors (Lipinski definition) is 5. The first kappa shape index (κ1) is 14.6. The molecule has 0 spiro atoms. The van der Waals surface area contributed by atoms with Gasteiger partial charge in [0.25, 0.3) is 0 Å². The molecule has 0 aliphatic rings. The Balaban J connectivity index is 2.27. The van der Waals surface area contributed by atoms with E-state index in [4.69, 9.17) is 9.47 Å². The van der Waals surface area contributed by atoms with Gasteiger partial charge in [0.2, 0.25) is 0 Å². The van der Waals surface area contributed by atoms with Crippen molar-refractivity contribution in [1.29, 1.82) is 0 Å². The molecule has 0 amide bonds. The van der Waals surface area contributed by atoms with Crippen molar-refractivity contribution >= 4 is 17.7 Å². The lowest BCUT2D eigenvalue weighted by atomic mass is 10.2. The first-order chi connectivity index (χ1) is 9.76. The fourth-order valence-electron chi connectivity index (χ4n) is 1.70. The summed E-state index contributed by atoms with van der Waals surface area (Å²) in [5.41, 5.74) is 1.40. The maximum Gasteiger partial charge on any atom is 0.338 e. The third-order valence-electron chi connectivity index (χ3n) is 2.55. The third-order valence-corrected chi connectivity index (χ3v) is 3.46. The van der Waals surface area contributed by atoms with Crippen LogP contribution in [0.5, 0.6) is 0 Å². The van der Waals surface area contributed by atoms with Gasteiger partial charge in [-0.2, -0.15) is 0 Å². The fourth-order valence-corrected chi connectivity index (χ4v) is 2.37. The van der Waals surface area contributed by atoms with E-state index in [1.165, 1.54) is 11.8 Å². The number of nitrogens with zero attached hydrogens (tertiary/aromatic N) is 2. The predicted octanol–water partition coefficient (Wildman–Crippen LogP) is 2.75. The molecule has 2 aromatic rings. The van der Waals surface area contributed by atoms with Crippen LogP contribution in [-0.2, 0) is 9.47 Å². The molecule has 106 valence electrons. The summed E-state index contributed by atoms with van der Waals surface area (Å²) >= 11 is 1.49. The van der Waals surface area contributed by atoms with Crippen LogP contribution in [-0.4, -0.2) is 35.2 Å². The number of thioether (sulfide) groups is 1. The predicted molar refractivity (Wildman–Crippen MR) is 77.3 cm³/mol. The molecule has 0 radical (unpaired) electrons. The first-order valence-electron chi connectivity index (χ1n) is 6.19. The van der Waals surface area contributed by atoms with Crippen LogP contribution in [0.15, 0.2) is 41.8 Å². The Kier molecular flexibility index (Phi) is 5.20. The maximum atomic E-state index is 11.8. The van der Waals surface area contributed by atoms with E-state index >= 15 is 0 Å². The van der Waals surface area contributed by atoms with Crippen molar-refractivity contribution in [3.63, 3.8) is 0 Å². The Morgan fingerprint density at radius 1 is 1.45 bits per heavy atom. The minimum absolute atomic E-state index is 0.319. The zero-order valence-corrected chi connectivity index (χ0v) is 12.2. The molecule has 0 N–H and O–H groups in total. The fraction of sp³-hybridized carbons (Fsp3) is 0.286. The van der Waals surface area contributed by atoms with Crippen molar-refractivity contribution in [1.82, 2.24) is 9.55 Å². The topological polar surface area (TPSA) is 53.4 Å². The van der Waals surface area contributed by atoms with Crippen LogP contribution < -0.4 is 0 Å². The van der Waals surface area contributed by atoms with Crippen LogP contribution in [0, 0.1) is 0 Å². The second kappa shape index (κ2) is 7.12. The van der Waals surface area contributed by atoms with Gasteiger partial charge < -0.3 is 9.47 Å². The summed E-state index contributed by atoms with van der Waals surface area (Å²) < 4.78 is 12.0. The highest BCUT2D eigenvalue weighted by molar-refractivity contribution is 7.99. The number of benzene rings is 1. The van der Waals surface area contributed by atoms with Gasteiger partial charge in [0.05, 0.1) is 18.1 Å². The number of aromatic nitrogens is 2. The molecule has 0 saturated carbocycles. The first-order valence-corrected chi connectivity index (χ1v) is 7.17. The summed E-state index contributed by atoms with van der Waals surface area (Å²) in [7, 11) is 1.64. The molecule has 0 saturated heterocycles. The average molecular weight is 292 g/mol. The Morgan fingerprint density at radius 2 is 2.30 bits per heavy atom. The normalized spacial score (nSPS) is 10.5. The minimum atomic E-state index is -0.319. The number of methoxy groups -OCH3 is 1. The highest BCUT2D eigenvalue weighted by Crippen LogP contribution is 2.21. The van der Waals surface area contributed by atoms with E-state index < -0.39 is 0 Å². The number of ether oxygens (including phenoxy) is 2. The van der Waals surface area contributed by atoms with Gasteiger partial charge in [-0.1, -0.05) is 17.8 Å². The summed E-state index contributed by atoms with van der Waals surface area (Å²) in [6.07, 6.45) is 3.57. The molecule has 0 atom stereocenters. The van der Waals surface area contributed by atoms with Gasteiger partial charge in [-0.05, 0) is 25.1 Å². The molecule has 0 aliphatic heterocycles. The van der Waals surface area contributed by atoms with Crippen molar-refractivity contribution in [3.8, 4) is 5.69 Å². The molecule has 2 rings (SSSR count). The molecule has 0 aliphatic carbocycles. The minimum Gasteiger partial charge on any atom is -0.462 e. The van der Waals surface area contributed by atoms with Gasteiger partial charge in [-0.25, -0.2) is 9.78 Å². The molecular weight excluding hydrogens is 276 g/mol. The Labute approximate surface area is 121 Å². The van der Waals surface area contributed by atoms with Crippen LogP contribution in [0.4, 0.5) is 0 Å². The summed E-state index contributed by atoms with van der Waals surface area (Å²) in [5.74, 6) is 0.203. The number of hydrogen-bond donors (Lipinski definition) is 0. The van der Waals surface area contributed by atoms with Crippen molar-refractivity contribution < 1.29 is 14.3 Å². The number of carbonyl (C=O) groups excluding carboxylic acids is 1. The molecule has 0 fully saturated rings. The van der Waals surface area contributed by atoms with E-state index in [1.807, 2.05) is 22.9 Å². The molecular formula is C14H16N2O3S. The Bertz CT molecular complexity index is 583. The SMILES string of the molecule is CCOC(=O)c1cccc(-n2ccnc2SCOC)c1. The maximum absolute atomic E-state index is 11.8. The molecule has 6 heteroatoms. The van der Waals surface area contributed by atoms with Gasteiger partial charge >= 0.3 is 5.97 Å². The highest BCUT2D eigenvalue weighted by Gasteiger charge is 2.10. The van der Waals surface area contributed by atoms with Crippen LogP contribution in [0.2, 0.25) is 0 Å². The Morgan fingerprint density at radius 3 is 3.05 bits per heavy atom. The van der Waals surface area contributed by atoms with E-state index in [2.05, 4.69) is 4.98 Å².